The summed E-state index contributed by atoms with van der Waals surface area (Å²) in [4.78, 5) is 3.29. The highest BCUT2D eigenvalue weighted by Gasteiger charge is 2.13. The van der Waals surface area contributed by atoms with Gasteiger partial charge in [-0.15, -0.1) is 0 Å². The van der Waals surface area contributed by atoms with E-state index in [0.29, 0.717) is 6.04 Å². The highest BCUT2D eigenvalue weighted by atomic mass is 79.9. The summed E-state index contributed by atoms with van der Waals surface area (Å²) in [5.41, 5.74) is 2.32. The quantitative estimate of drug-likeness (QED) is 0.768. The Balaban J connectivity index is 2.59. The van der Waals surface area contributed by atoms with Gasteiger partial charge in [0.05, 0.1) is 11.0 Å². The molecule has 0 radical (unpaired) electrons. The third kappa shape index (κ3) is 2.47. The third-order valence-corrected chi connectivity index (χ3v) is 3.93. The number of nitrogens with one attached hydrogen (secondary N) is 1. The second-order valence-corrected chi connectivity index (χ2v) is 5.61. The van der Waals surface area contributed by atoms with Crippen LogP contribution in [0.4, 0.5) is 0 Å². The zero-order valence-electron chi connectivity index (χ0n) is 10.2. The van der Waals surface area contributed by atoms with E-state index < -0.39 is 0 Å². The highest BCUT2D eigenvalue weighted by molar-refractivity contribution is 9.10. The van der Waals surface area contributed by atoms with Crippen molar-refractivity contribution in [2.24, 2.45) is 0 Å². The number of rotatable bonds is 4. The summed E-state index contributed by atoms with van der Waals surface area (Å²) in [5.74, 6) is 0. The minimum absolute atomic E-state index is 0.502. The Morgan fingerprint density at radius 1 is 1.41 bits per heavy atom. The van der Waals surface area contributed by atoms with E-state index in [9.17, 15) is 0 Å². The maximum Gasteiger partial charge on any atom is 0.178 e. The summed E-state index contributed by atoms with van der Waals surface area (Å²) < 4.78 is 4.18. The molecule has 0 aliphatic carbocycles. The number of nitrogens with zero attached hydrogens (tertiary/aromatic N) is 1. The van der Waals surface area contributed by atoms with E-state index >= 15 is 0 Å². The Bertz CT molecular complexity index is 570. The maximum atomic E-state index is 5.45. The Labute approximate surface area is 115 Å². The predicted octanol–water partition coefficient (Wildman–Crippen LogP) is 5.21. The first kappa shape index (κ1) is 12.8. The molecule has 1 unspecified atom stereocenters. The van der Waals surface area contributed by atoms with E-state index in [2.05, 4.69) is 57.5 Å². The normalized spacial score (nSPS) is 13.1. The fraction of sp³-hybridized carbons (Fsp3) is 0.462. The van der Waals surface area contributed by atoms with Gasteiger partial charge in [-0.3, -0.25) is 0 Å². The van der Waals surface area contributed by atoms with Crippen LogP contribution >= 0.6 is 28.1 Å². The van der Waals surface area contributed by atoms with Crippen LogP contribution in [-0.2, 0) is 0 Å². The monoisotopic (exact) mass is 312 g/mol. The smallest absolute Gasteiger partial charge is 0.178 e. The number of benzene rings is 1. The molecule has 0 spiro atoms. The topological polar surface area (TPSA) is 20.7 Å². The average molecular weight is 313 g/mol. The SMILES string of the molecule is CCCC(CC)n1c(=S)[nH]c2cc(Br)ccc21. The minimum atomic E-state index is 0.502. The van der Waals surface area contributed by atoms with Crippen molar-refractivity contribution in [3.05, 3.63) is 27.4 Å². The summed E-state index contributed by atoms with van der Waals surface area (Å²) in [6, 6.07) is 6.78. The van der Waals surface area contributed by atoms with Gasteiger partial charge in [0.15, 0.2) is 4.77 Å². The number of halogens is 1. The van der Waals surface area contributed by atoms with Crippen LogP contribution in [0, 0.1) is 4.77 Å². The number of imidazole rings is 1. The molecular formula is C13H17BrN2S. The van der Waals surface area contributed by atoms with Gasteiger partial charge in [-0.05, 0) is 43.3 Å². The molecule has 0 bridgehead atoms. The minimum Gasteiger partial charge on any atom is -0.331 e. The van der Waals surface area contributed by atoms with Crippen molar-refractivity contribution in [2.75, 3.05) is 0 Å². The molecule has 0 fully saturated rings. The van der Waals surface area contributed by atoms with Crippen LogP contribution in [0.2, 0.25) is 0 Å². The van der Waals surface area contributed by atoms with E-state index in [-0.39, 0.29) is 0 Å². The molecule has 2 rings (SSSR count). The number of H-pyrrole nitrogens is 1. The van der Waals surface area contributed by atoms with Gasteiger partial charge in [0.2, 0.25) is 0 Å². The molecule has 1 heterocycles. The second kappa shape index (κ2) is 5.36. The lowest BCUT2D eigenvalue weighted by Gasteiger charge is -2.16. The molecule has 0 saturated carbocycles. The zero-order valence-corrected chi connectivity index (χ0v) is 12.6. The van der Waals surface area contributed by atoms with Gasteiger partial charge in [0.1, 0.15) is 0 Å². The molecule has 0 amide bonds. The van der Waals surface area contributed by atoms with Crippen LogP contribution in [0.1, 0.15) is 39.2 Å². The largest absolute Gasteiger partial charge is 0.331 e. The van der Waals surface area contributed by atoms with E-state index in [1.165, 1.54) is 18.4 Å². The lowest BCUT2D eigenvalue weighted by atomic mass is 10.1. The van der Waals surface area contributed by atoms with Gasteiger partial charge >= 0.3 is 0 Å². The second-order valence-electron chi connectivity index (χ2n) is 4.31. The van der Waals surface area contributed by atoms with Crippen LogP contribution < -0.4 is 0 Å². The molecular weight excluding hydrogens is 296 g/mol. The van der Waals surface area contributed by atoms with Gasteiger partial charge in [-0.2, -0.15) is 0 Å². The lowest BCUT2D eigenvalue weighted by Crippen LogP contribution is -2.07. The van der Waals surface area contributed by atoms with Crippen molar-refractivity contribution in [2.45, 2.75) is 39.2 Å². The fourth-order valence-electron chi connectivity index (χ4n) is 2.31. The number of fused-ring (bicyclic) bond motifs is 1. The Hall–Kier alpha value is -0.610. The van der Waals surface area contributed by atoms with Crippen molar-refractivity contribution >= 4 is 39.2 Å². The van der Waals surface area contributed by atoms with Gasteiger partial charge in [-0.25, -0.2) is 0 Å². The maximum absolute atomic E-state index is 5.45. The highest BCUT2D eigenvalue weighted by Crippen LogP contribution is 2.26. The molecule has 2 nitrogen and oxygen atoms in total. The molecule has 2 aromatic rings. The number of hydrogen-bond donors (Lipinski definition) is 1. The fourth-order valence-corrected chi connectivity index (χ4v) is 3.03. The van der Waals surface area contributed by atoms with E-state index in [0.717, 1.165) is 21.2 Å². The van der Waals surface area contributed by atoms with Gasteiger partial charge in [-0.1, -0.05) is 36.2 Å². The standard InChI is InChI=1S/C13H17BrN2S/c1-3-5-10(4-2)16-12-7-6-9(14)8-11(12)15-13(16)17/h6-8,10H,3-5H2,1-2H3,(H,15,17). The van der Waals surface area contributed by atoms with Crippen molar-refractivity contribution < 1.29 is 0 Å². The Morgan fingerprint density at radius 3 is 2.82 bits per heavy atom. The Kier molecular flexibility index (Phi) is 4.05. The molecule has 4 heteroatoms. The number of hydrogen-bond acceptors (Lipinski definition) is 1. The van der Waals surface area contributed by atoms with E-state index in [1.807, 2.05) is 0 Å². The summed E-state index contributed by atoms with van der Waals surface area (Å²) >= 11 is 8.93. The van der Waals surface area contributed by atoms with Crippen molar-refractivity contribution in [1.82, 2.24) is 9.55 Å². The molecule has 0 aliphatic rings. The molecule has 1 N–H and O–H groups in total. The summed E-state index contributed by atoms with van der Waals surface area (Å²) in [5, 5.41) is 0. The molecule has 1 aromatic carbocycles. The van der Waals surface area contributed by atoms with E-state index in [4.69, 9.17) is 12.2 Å². The Morgan fingerprint density at radius 2 is 2.18 bits per heavy atom. The molecule has 17 heavy (non-hydrogen) atoms. The van der Waals surface area contributed by atoms with E-state index in [1.54, 1.807) is 0 Å². The van der Waals surface area contributed by atoms with Crippen molar-refractivity contribution in [1.29, 1.82) is 0 Å². The molecule has 0 saturated heterocycles. The summed E-state index contributed by atoms with van der Waals surface area (Å²) in [7, 11) is 0. The molecule has 92 valence electrons. The van der Waals surface area contributed by atoms with Crippen LogP contribution in [-0.4, -0.2) is 9.55 Å². The number of aromatic nitrogens is 2. The average Bonchev–Trinajstić information content (AvgIpc) is 2.61. The third-order valence-electron chi connectivity index (χ3n) is 3.14. The van der Waals surface area contributed by atoms with Crippen LogP contribution in [0.15, 0.2) is 22.7 Å². The first-order valence-electron chi connectivity index (χ1n) is 6.07. The molecule has 0 aliphatic heterocycles. The first-order valence-corrected chi connectivity index (χ1v) is 7.27. The van der Waals surface area contributed by atoms with Crippen molar-refractivity contribution in [3.63, 3.8) is 0 Å². The van der Waals surface area contributed by atoms with Crippen LogP contribution in [0.5, 0.6) is 0 Å². The van der Waals surface area contributed by atoms with Crippen LogP contribution in [0.25, 0.3) is 11.0 Å². The lowest BCUT2D eigenvalue weighted by molar-refractivity contribution is 0.454. The predicted molar refractivity (Wildman–Crippen MR) is 79.1 cm³/mol. The van der Waals surface area contributed by atoms with Gasteiger partial charge < -0.3 is 9.55 Å². The first-order chi connectivity index (χ1) is 8.17. The van der Waals surface area contributed by atoms with Crippen molar-refractivity contribution in [3.8, 4) is 0 Å². The summed E-state index contributed by atoms with van der Waals surface area (Å²) in [6.45, 7) is 4.44. The molecule has 1 aromatic heterocycles. The molecule has 1 atom stereocenters. The summed E-state index contributed by atoms with van der Waals surface area (Å²) in [6.07, 6.45) is 3.47. The van der Waals surface area contributed by atoms with Gasteiger partial charge in [0.25, 0.3) is 0 Å². The van der Waals surface area contributed by atoms with Gasteiger partial charge in [0, 0.05) is 10.5 Å². The van der Waals surface area contributed by atoms with Crippen LogP contribution in [0.3, 0.4) is 0 Å². The zero-order chi connectivity index (χ0) is 12.4. The number of aromatic amines is 1.